The minimum atomic E-state index is -0.737. The minimum Gasteiger partial charge on any atom is -0.481 e. The molecular weight excluding hydrogens is 164 g/mol. The molecule has 13 heavy (non-hydrogen) atoms. The molecule has 0 bridgehead atoms. The standard InChI is InChI=1S/C11H14O2/c1-8-5-9(2)7-10(6-8)3-4-11(12)13/h5-7H,3-4H2,1-2H3,(H,12,13). The van der Waals surface area contributed by atoms with Crippen LogP contribution in [0, 0.1) is 13.8 Å². The molecule has 0 heterocycles. The molecule has 0 saturated heterocycles. The first kappa shape index (κ1) is 9.78. The molecule has 0 fully saturated rings. The first-order valence-corrected chi connectivity index (χ1v) is 4.37. The summed E-state index contributed by atoms with van der Waals surface area (Å²) in [6.07, 6.45) is 0.834. The number of rotatable bonds is 3. The van der Waals surface area contributed by atoms with Crippen LogP contribution in [-0.4, -0.2) is 11.1 Å². The molecule has 2 heteroatoms. The van der Waals surface area contributed by atoms with E-state index in [9.17, 15) is 4.79 Å². The van der Waals surface area contributed by atoms with Crippen molar-refractivity contribution in [2.45, 2.75) is 26.7 Å². The van der Waals surface area contributed by atoms with E-state index in [0.717, 1.165) is 5.56 Å². The van der Waals surface area contributed by atoms with Crippen LogP contribution >= 0.6 is 0 Å². The van der Waals surface area contributed by atoms with Gasteiger partial charge in [0.2, 0.25) is 0 Å². The molecule has 0 aromatic heterocycles. The number of hydrogen-bond donors (Lipinski definition) is 1. The van der Waals surface area contributed by atoms with Gasteiger partial charge in [-0.15, -0.1) is 0 Å². The summed E-state index contributed by atoms with van der Waals surface area (Å²) in [5.74, 6) is -0.737. The van der Waals surface area contributed by atoms with E-state index < -0.39 is 5.97 Å². The number of hydrogen-bond acceptors (Lipinski definition) is 1. The van der Waals surface area contributed by atoms with Gasteiger partial charge in [-0.25, -0.2) is 0 Å². The van der Waals surface area contributed by atoms with Crippen molar-refractivity contribution in [1.82, 2.24) is 0 Å². The molecule has 0 saturated carbocycles. The maximum Gasteiger partial charge on any atom is 0.303 e. The Labute approximate surface area is 78.2 Å². The summed E-state index contributed by atoms with van der Waals surface area (Å²) in [6.45, 7) is 4.05. The second-order valence-corrected chi connectivity index (χ2v) is 3.39. The van der Waals surface area contributed by atoms with Gasteiger partial charge in [0.25, 0.3) is 0 Å². The summed E-state index contributed by atoms with van der Waals surface area (Å²) in [5, 5.41) is 8.51. The highest BCUT2D eigenvalue weighted by Gasteiger charge is 1.99. The lowest BCUT2D eigenvalue weighted by atomic mass is 10.0. The topological polar surface area (TPSA) is 37.3 Å². The van der Waals surface area contributed by atoms with Crippen molar-refractivity contribution in [2.24, 2.45) is 0 Å². The lowest BCUT2D eigenvalue weighted by Crippen LogP contribution is -1.97. The largest absolute Gasteiger partial charge is 0.481 e. The molecule has 0 amide bonds. The Hall–Kier alpha value is -1.31. The quantitative estimate of drug-likeness (QED) is 0.771. The Morgan fingerprint density at radius 2 is 1.77 bits per heavy atom. The first-order chi connectivity index (χ1) is 6.08. The van der Waals surface area contributed by atoms with Gasteiger partial charge in [-0.2, -0.15) is 0 Å². The van der Waals surface area contributed by atoms with Crippen LogP contribution in [0.5, 0.6) is 0 Å². The third kappa shape index (κ3) is 3.28. The number of benzene rings is 1. The van der Waals surface area contributed by atoms with Gasteiger partial charge in [0.1, 0.15) is 0 Å². The normalized spacial score (nSPS) is 10.0. The van der Waals surface area contributed by atoms with E-state index in [1.165, 1.54) is 11.1 Å². The van der Waals surface area contributed by atoms with Gasteiger partial charge in [-0.3, -0.25) is 4.79 Å². The molecule has 1 aromatic carbocycles. The molecule has 0 unspecified atom stereocenters. The molecule has 0 aliphatic heterocycles. The van der Waals surface area contributed by atoms with E-state index in [0.29, 0.717) is 6.42 Å². The number of aliphatic carboxylic acids is 1. The average Bonchev–Trinajstić information content (AvgIpc) is 1.99. The third-order valence-corrected chi connectivity index (χ3v) is 1.91. The van der Waals surface area contributed by atoms with Crippen molar-refractivity contribution in [3.05, 3.63) is 34.9 Å². The van der Waals surface area contributed by atoms with E-state index >= 15 is 0 Å². The van der Waals surface area contributed by atoms with Crippen LogP contribution in [0.25, 0.3) is 0 Å². The maximum atomic E-state index is 10.3. The number of carbonyl (C=O) groups is 1. The average molecular weight is 178 g/mol. The molecule has 1 N–H and O–H groups in total. The van der Waals surface area contributed by atoms with Crippen molar-refractivity contribution in [3.8, 4) is 0 Å². The summed E-state index contributed by atoms with van der Waals surface area (Å²) >= 11 is 0. The summed E-state index contributed by atoms with van der Waals surface area (Å²) < 4.78 is 0. The van der Waals surface area contributed by atoms with Crippen molar-refractivity contribution in [2.75, 3.05) is 0 Å². The van der Waals surface area contributed by atoms with E-state index in [-0.39, 0.29) is 6.42 Å². The summed E-state index contributed by atoms with van der Waals surface area (Å²) in [5.41, 5.74) is 3.50. The fourth-order valence-electron chi connectivity index (χ4n) is 1.46. The number of carboxylic acids is 1. The molecule has 0 atom stereocenters. The zero-order valence-corrected chi connectivity index (χ0v) is 8.00. The summed E-state index contributed by atoms with van der Waals surface area (Å²) in [7, 11) is 0. The van der Waals surface area contributed by atoms with Gasteiger partial charge in [-0.1, -0.05) is 29.3 Å². The van der Waals surface area contributed by atoms with E-state index in [2.05, 4.69) is 6.07 Å². The molecule has 0 radical (unpaired) electrons. The third-order valence-electron chi connectivity index (χ3n) is 1.91. The Bertz CT molecular complexity index is 296. The van der Waals surface area contributed by atoms with Crippen LogP contribution in [0.3, 0.4) is 0 Å². The van der Waals surface area contributed by atoms with Gasteiger partial charge >= 0.3 is 5.97 Å². The molecule has 0 aliphatic rings. The molecule has 1 rings (SSSR count). The van der Waals surface area contributed by atoms with Crippen LogP contribution in [0.2, 0.25) is 0 Å². The Morgan fingerprint density at radius 3 is 2.23 bits per heavy atom. The lowest BCUT2D eigenvalue weighted by Gasteiger charge is -2.02. The van der Waals surface area contributed by atoms with Crippen molar-refractivity contribution < 1.29 is 9.90 Å². The van der Waals surface area contributed by atoms with Crippen LogP contribution in [0.15, 0.2) is 18.2 Å². The maximum absolute atomic E-state index is 10.3. The Morgan fingerprint density at radius 1 is 1.23 bits per heavy atom. The van der Waals surface area contributed by atoms with Gasteiger partial charge in [0.05, 0.1) is 0 Å². The minimum absolute atomic E-state index is 0.211. The number of aryl methyl sites for hydroxylation is 3. The highest BCUT2D eigenvalue weighted by atomic mass is 16.4. The second-order valence-electron chi connectivity index (χ2n) is 3.39. The zero-order valence-electron chi connectivity index (χ0n) is 8.00. The second kappa shape index (κ2) is 4.08. The van der Waals surface area contributed by atoms with Crippen LogP contribution < -0.4 is 0 Å². The van der Waals surface area contributed by atoms with Gasteiger partial charge in [0.15, 0.2) is 0 Å². The van der Waals surface area contributed by atoms with Gasteiger partial charge in [0, 0.05) is 6.42 Å². The molecule has 1 aromatic rings. The van der Waals surface area contributed by atoms with Crippen LogP contribution in [0.1, 0.15) is 23.1 Å². The Kier molecular flexibility index (Phi) is 3.07. The van der Waals surface area contributed by atoms with Crippen molar-refractivity contribution in [3.63, 3.8) is 0 Å². The summed E-state index contributed by atoms with van der Waals surface area (Å²) in [6, 6.07) is 6.16. The van der Waals surface area contributed by atoms with Crippen molar-refractivity contribution >= 4 is 5.97 Å². The van der Waals surface area contributed by atoms with Gasteiger partial charge < -0.3 is 5.11 Å². The zero-order chi connectivity index (χ0) is 9.84. The molecule has 70 valence electrons. The SMILES string of the molecule is Cc1cc(C)cc(CCC(=O)O)c1. The molecule has 0 spiro atoms. The predicted molar refractivity (Wildman–Crippen MR) is 51.9 cm³/mol. The first-order valence-electron chi connectivity index (χ1n) is 4.37. The van der Waals surface area contributed by atoms with E-state index in [1.807, 2.05) is 26.0 Å². The van der Waals surface area contributed by atoms with Crippen LogP contribution in [0.4, 0.5) is 0 Å². The van der Waals surface area contributed by atoms with Gasteiger partial charge in [-0.05, 0) is 25.8 Å². The molecular formula is C11H14O2. The molecule has 2 nitrogen and oxygen atoms in total. The molecule has 0 aliphatic carbocycles. The lowest BCUT2D eigenvalue weighted by molar-refractivity contribution is -0.136. The summed E-state index contributed by atoms with van der Waals surface area (Å²) in [4.78, 5) is 10.3. The van der Waals surface area contributed by atoms with Crippen LogP contribution in [-0.2, 0) is 11.2 Å². The van der Waals surface area contributed by atoms with Crippen molar-refractivity contribution in [1.29, 1.82) is 0 Å². The highest BCUT2D eigenvalue weighted by molar-refractivity contribution is 5.67. The fourth-order valence-corrected chi connectivity index (χ4v) is 1.46. The number of carboxylic acid groups (broad SMARTS) is 1. The predicted octanol–water partition coefficient (Wildman–Crippen LogP) is 2.32. The Balaban J connectivity index is 2.71. The smallest absolute Gasteiger partial charge is 0.303 e. The monoisotopic (exact) mass is 178 g/mol. The highest BCUT2D eigenvalue weighted by Crippen LogP contribution is 2.10. The van der Waals surface area contributed by atoms with E-state index in [1.54, 1.807) is 0 Å². The van der Waals surface area contributed by atoms with E-state index in [4.69, 9.17) is 5.11 Å². The fraction of sp³-hybridized carbons (Fsp3) is 0.364.